The molecular weight excluding hydrogens is 821 g/mol. The molecule has 2 nitrogen and oxygen atoms in total. The van der Waals surface area contributed by atoms with Crippen molar-refractivity contribution in [2.24, 2.45) is 0 Å². The molecule has 0 saturated carbocycles. The average Bonchev–Trinajstić information content (AvgIpc) is 3.38. The van der Waals surface area contributed by atoms with Crippen LogP contribution in [0.2, 0.25) is 0 Å². The van der Waals surface area contributed by atoms with Gasteiger partial charge < -0.3 is 9.80 Å². The molecule has 0 saturated heterocycles. The Kier molecular flexibility index (Phi) is 12.7. The predicted octanol–water partition coefficient (Wildman–Crippen LogP) is 18.0. The van der Waals surface area contributed by atoms with E-state index in [9.17, 15) is 0 Å². The first-order valence-electron chi connectivity index (χ1n) is 23.7. The van der Waals surface area contributed by atoms with Gasteiger partial charge in [-0.3, -0.25) is 0 Å². The summed E-state index contributed by atoms with van der Waals surface area (Å²) in [7, 11) is 0. The standard InChI is InChI=1S/C66H56N2/c1-47-41-53(45-51-17-9-5-10-18-51)25-37-63(47)67(61-33-27-57(28-34-61)55-21-13-7-14-22-55)65-39-31-59(43-49(65)3)60-32-40-66(50(4)44-60)68(62-35-29-58(30-36-62)56-23-15-8-16-24-56)64-38-26-54(42-48(64)2)46-52-19-11-6-12-20-52/h5-44H,45-46H2,1-4H3. The van der Waals surface area contributed by atoms with Crippen molar-refractivity contribution in [1.29, 1.82) is 0 Å². The van der Waals surface area contributed by atoms with E-state index >= 15 is 0 Å². The molecule has 0 N–H and O–H groups in total. The molecule has 0 aromatic heterocycles. The Morgan fingerprint density at radius 2 is 0.515 bits per heavy atom. The molecule has 10 aromatic carbocycles. The number of nitrogens with zero attached hydrogens (tertiary/aromatic N) is 2. The molecule has 0 atom stereocenters. The summed E-state index contributed by atoms with van der Waals surface area (Å²) in [6, 6.07) is 88.5. The van der Waals surface area contributed by atoms with Gasteiger partial charge in [0.2, 0.25) is 0 Å². The van der Waals surface area contributed by atoms with Gasteiger partial charge in [0.25, 0.3) is 0 Å². The van der Waals surface area contributed by atoms with E-state index in [1.54, 1.807) is 0 Å². The normalized spacial score (nSPS) is 11.1. The molecule has 0 bridgehead atoms. The van der Waals surface area contributed by atoms with Gasteiger partial charge in [0.15, 0.2) is 0 Å². The summed E-state index contributed by atoms with van der Waals surface area (Å²) >= 11 is 0. The molecule has 0 heterocycles. The molecule has 10 aromatic rings. The Labute approximate surface area is 403 Å². The van der Waals surface area contributed by atoms with E-state index in [4.69, 9.17) is 0 Å². The van der Waals surface area contributed by atoms with Crippen molar-refractivity contribution in [2.45, 2.75) is 40.5 Å². The first kappa shape index (κ1) is 43.7. The van der Waals surface area contributed by atoms with E-state index < -0.39 is 0 Å². The van der Waals surface area contributed by atoms with E-state index in [2.05, 4.69) is 280 Å². The summed E-state index contributed by atoms with van der Waals surface area (Å²) in [6.07, 6.45) is 1.80. The van der Waals surface area contributed by atoms with Crippen molar-refractivity contribution in [1.82, 2.24) is 0 Å². The third kappa shape index (κ3) is 9.54. The molecule has 2 heteroatoms. The van der Waals surface area contributed by atoms with Gasteiger partial charge in [-0.1, -0.05) is 182 Å². The van der Waals surface area contributed by atoms with Crippen LogP contribution >= 0.6 is 0 Å². The van der Waals surface area contributed by atoms with Crippen LogP contribution in [0.3, 0.4) is 0 Å². The van der Waals surface area contributed by atoms with Crippen LogP contribution in [0.1, 0.15) is 44.5 Å². The van der Waals surface area contributed by atoms with Crippen LogP contribution < -0.4 is 9.80 Å². The van der Waals surface area contributed by atoms with Crippen molar-refractivity contribution in [3.05, 3.63) is 287 Å². The number of hydrogen-bond donors (Lipinski definition) is 0. The minimum Gasteiger partial charge on any atom is -0.310 e. The monoisotopic (exact) mass is 876 g/mol. The highest BCUT2D eigenvalue weighted by atomic mass is 15.2. The van der Waals surface area contributed by atoms with Gasteiger partial charge in [-0.15, -0.1) is 0 Å². The molecule has 0 amide bonds. The Hall–Kier alpha value is -8.20. The molecular formula is C66H56N2. The number of rotatable bonds is 13. The molecule has 0 spiro atoms. The molecule has 330 valence electrons. The lowest BCUT2D eigenvalue weighted by Crippen LogP contribution is -2.13. The second-order valence-electron chi connectivity index (χ2n) is 18.1. The lowest BCUT2D eigenvalue weighted by Gasteiger charge is -2.30. The van der Waals surface area contributed by atoms with Crippen LogP contribution in [-0.4, -0.2) is 0 Å². The van der Waals surface area contributed by atoms with E-state index in [-0.39, 0.29) is 0 Å². The predicted molar refractivity (Wildman–Crippen MR) is 290 cm³/mol. The van der Waals surface area contributed by atoms with Gasteiger partial charge in [-0.05, 0) is 179 Å². The van der Waals surface area contributed by atoms with E-state index in [1.807, 2.05) is 0 Å². The zero-order valence-corrected chi connectivity index (χ0v) is 39.4. The molecule has 0 radical (unpaired) electrons. The molecule has 0 unspecified atom stereocenters. The fourth-order valence-corrected chi connectivity index (χ4v) is 9.67. The maximum atomic E-state index is 2.43. The third-order valence-electron chi connectivity index (χ3n) is 13.2. The Morgan fingerprint density at radius 1 is 0.235 bits per heavy atom. The van der Waals surface area contributed by atoms with Gasteiger partial charge in [0.1, 0.15) is 0 Å². The molecule has 0 aliphatic carbocycles. The van der Waals surface area contributed by atoms with Crippen molar-refractivity contribution in [3.8, 4) is 33.4 Å². The first-order chi connectivity index (χ1) is 33.3. The van der Waals surface area contributed by atoms with Crippen LogP contribution in [0, 0.1) is 27.7 Å². The molecule has 68 heavy (non-hydrogen) atoms. The average molecular weight is 877 g/mol. The maximum Gasteiger partial charge on any atom is 0.0491 e. The number of benzene rings is 10. The minimum absolute atomic E-state index is 0.901. The fraction of sp³-hybridized carbons (Fsp3) is 0.0909. The third-order valence-corrected chi connectivity index (χ3v) is 13.2. The lowest BCUT2D eigenvalue weighted by atomic mass is 9.97. The van der Waals surface area contributed by atoms with Gasteiger partial charge >= 0.3 is 0 Å². The van der Waals surface area contributed by atoms with Gasteiger partial charge in [0, 0.05) is 34.1 Å². The fourth-order valence-electron chi connectivity index (χ4n) is 9.67. The second kappa shape index (κ2) is 19.7. The summed E-state index contributed by atoms with van der Waals surface area (Å²) in [4.78, 5) is 4.86. The summed E-state index contributed by atoms with van der Waals surface area (Å²) < 4.78 is 0. The summed E-state index contributed by atoms with van der Waals surface area (Å²) in [5, 5.41) is 0. The number of aryl methyl sites for hydroxylation is 4. The largest absolute Gasteiger partial charge is 0.310 e. The van der Waals surface area contributed by atoms with Crippen LogP contribution in [0.4, 0.5) is 34.1 Å². The molecule has 0 aliphatic heterocycles. The van der Waals surface area contributed by atoms with Crippen LogP contribution in [0.15, 0.2) is 243 Å². The topological polar surface area (TPSA) is 6.48 Å². The highest BCUT2D eigenvalue weighted by Crippen LogP contribution is 2.43. The number of hydrogen-bond acceptors (Lipinski definition) is 2. The zero-order valence-electron chi connectivity index (χ0n) is 39.4. The Bertz CT molecular complexity index is 3060. The van der Waals surface area contributed by atoms with E-state index in [1.165, 1.54) is 89.3 Å². The summed E-state index contributed by atoms with van der Waals surface area (Å²) in [6.45, 7) is 8.97. The van der Waals surface area contributed by atoms with Crippen LogP contribution in [0.25, 0.3) is 33.4 Å². The van der Waals surface area contributed by atoms with Crippen LogP contribution in [-0.2, 0) is 12.8 Å². The van der Waals surface area contributed by atoms with Crippen molar-refractivity contribution < 1.29 is 0 Å². The van der Waals surface area contributed by atoms with Crippen molar-refractivity contribution in [2.75, 3.05) is 9.80 Å². The highest BCUT2D eigenvalue weighted by molar-refractivity contribution is 5.86. The zero-order chi connectivity index (χ0) is 46.4. The van der Waals surface area contributed by atoms with Crippen LogP contribution in [0.5, 0.6) is 0 Å². The highest BCUT2D eigenvalue weighted by Gasteiger charge is 2.21. The summed E-state index contributed by atoms with van der Waals surface area (Å²) in [5.74, 6) is 0. The summed E-state index contributed by atoms with van der Waals surface area (Å²) in [5.41, 5.74) is 24.2. The number of anilines is 6. The molecule has 0 aliphatic rings. The maximum absolute atomic E-state index is 2.43. The quantitative estimate of drug-likeness (QED) is 0.114. The van der Waals surface area contributed by atoms with E-state index in [0.29, 0.717) is 0 Å². The SMILES string of the molecule is Cc1cc(Cc2ccccc2)ccc1N(c1ccc(-c2ccccc2)cc1)c1ccc(-c2ccc(N(c3ccc(-c4ccccc4)cc3)c3ccc(Cc4ccccc4)cc3C)c(C)c2)cc1C. The molecule has 10 rings (SSSR count). The Balaban J connectivity index is 0.998. The first-order valence-corrected chi connectivity index (χ1v) is 23.7. The smallest absolute Gasteiger partial charge is 0.0491 e. The lowest BCUT2D eigenvalue weighted by molar-refractivity contribution is 1.16. The minimum atomic E-state index is 0.901. The van der Waals surface area contributed by atoms with Crippen molar-refractivity contribution in [3.63, 3.8) is 0 Å². The van der Waals surface area contributed by atoms with E-state index in [0.717, 1.165) is 35.6 Å². The van der Waals surface area contributed by atoms with Crippen molar-refractivity contribution >= 4 is 34.1 Å². The van der Waals surface area contributed by atoms with Gasteiger partial charge in [-0.25, -0.2) is 0 Å². The second-order valence-corrected chi connectivity index (χ2v) is 18.1. The molecule has 0 fully saturated rings. The Morgan fingerprint density at radius 3 is 0.838 bits per heavy atom. The van der Waals surface area contributed by atoms with Gasteiger partial charge in [0.05, 0.1) is 0 Å². The van der Waals surface area contributed by atoms with Gasteiger partial charge in [-0.2, -0.15) is 0 Å².